The van der Waals surface area contributed by atoms with Crippen molar-refractivity contribution in [3.8, 4) is 11.1 Å². The number of rotatable bonds is 4. The van der Waals surface area contributed by atoms with Gasteiger partial charge in [0, 0.05) is 23.2 Å². The molecule has 1 aromatic carbocycles. The van der Waals surface area contributed by atoms with Crippen LogP contribution in [0.5, 0.6) is 0 Å². The molecule has 0 bridgehead atoms. The van der Waals surface area contributed by atoms with Crippen LogP contribution in [0.4, 0.5) is 0 Å². The van der Waals surface area contributed by atoms with E-state index in [1.807, 2.05) is 0 Å². The fraction of sp³-hybridized carbons (Fsp3) is 0.200. The van der Waals surface area contributed by atoms with Crippen molar-refractivity contribution in [1.29, 1.82) is 0 Å². The van der Waals surface area contributed by atoms with E-state index in [-0.39, 0.29) is 22.7 Å². The highest BCUT2D eigenvalue weighted by molar-refractivity contribution is 6.00. The van der Waals surface area contributed by atoms with Gasteiger partial charge in [0.1, 0.15) is 5.82 Å². The van der Waals surface area contributed by atoms with E-state index in [0.29, 0.717) is 11.4 Å². The van der Waals surface area contributed by atoms with Gasteiger partial charge in [0.15, 0.2) is 5.69 Å². The number of carboxylic acids is 2. The van der Waals surface area contributed by atoms with Crippen LogP contribution in [0.1, 0.15) is 45.4 Å². The molecular weight excluding hydrogens is 272 g/mol. The van der Waals surface area contributed by atoms with Gasteiger partial charge in [-0.3, -0.25) is 0 Å². The first-order chi connectivity index (χ1) is 10.1. The average Bonchev–Trinajstić information content (AvgIpc) is 3.31. The van der Waals surface area contributed by atoms with E-state index in [9.17, 15) is 19.8 Å². The number of nitrogens with zero attached hydrogens (tertiary/aromatic N) is 2. The first-order valence-corrected chi connectivity index (χ1v) is 6.51. The zero-order valence-electron chi connectivity index (χ0n) is 11.0. The fourth-order valence-electron chi connectivity index (χ4n) is 2.20. The van der Waals surface area contributed by atoms with Gasteiger partial charge in [0.05, 0.1) is 5.56 Å². The number of hydrogen-bond acceptors (Lipinski definition) is 4. The van der Waals surface area contributed by atoms with Gasteiger partial charge in [-0.1, -0.05) is 18.2 Å². The molecule has 1 fully saturated rings. The smallest absolute Gasteiger partial charge is 0.355 e. The van der Waals surface area contributed by atoms with E-state index in [0.717, 1.165) is 12.8 Å². The van der Waals surface area contributed by atoms with Crippen molar-refractivity contribution in [2.75, 3.05) is 0 Å². The Labute approximate surface area is 120 Å². The van der Waals surface area contributed by atoms with Crippen molar-refractivity contribution in [3.63, 3.8) is 0 Å². The third-order valence-electron chi connectivity index (χ3n) is 3.40. The molecule has 1 heterocycles. The van der Waals surface area contributed by atoms with E-state index in [1.54, 1.807) is 18.2 Å². The summed E-state index contributed by atoms with van der Waals surface area (Å²) < 4.78 is 0. The number of aromatic nitrogens is 2. The second-order valence-corrected chi connectivity index (χ2v) is 4.92. The van der Waals surface area contributed by atoms with Crippen molar-refractivity contribution >= 4 is 11.9 Å². The normalized spacial score (nSPS) is 13.9. The molecule has 0 radical (unpaired) electrons. The van der Waals surface area contributed by atoms with Crippen molar-refractivity contribution in [3.05, 3.63) is 47.5 Å². The summed E-state index contributed by atoms with van der Waals surface area (Å²) in [5.74, 6) is -1.56. The highest BCUT2D eigenvalue weighted by atomic mass is 16.4. The van der Waals surface area contributed by atoms with Gasteiger partial charge in [-0.2, -0.15) is 0 Å². The minimum atomic E-state index is -1.19. The lowest BCUT2D eigenvalue weighted by Gasteiger charge is -2.09. The van der Waals surface area contributed by atoms with Crippen LogP contribution in [0.25, 0.3) is 11.1 Å². The van der Waals surface area contributed by atoms with Crippen molar-refractivity contribution in [2.45, 2.75) is 18.8 Å². The minimum Gasteiger partial charge on any atom is -0.478 e. The van der Waals surface area contributed by atoms with Crippen molar-refractivity contribution in [2.24, 2.45) is 0 Å². The molecule has 0 atom stereocenters. The van der Waals surface area contributed by atoms with Crippen LogP contribution in [0.15, 0.2) is 30.5 Å². The Hall–Kier alpha value is -2.76. The molecule has 3 rings (SSSR count). The zero-order chi connectivity index (χ0) is 15.0. The van der Waals surface area contributed by atoms with Crippen LogP contribution in [0.3, 0.4) is 0 Å². The SMILES string of the molecule is O=C(O)c1ccccc1-c1cnc(C2CC2)nc1C(=O)O. The molecule has 1 saturated carbocycles. The van der Waals surface area contributed by atoms with Gasteiger partial charge in [-0.05, 0) is 18.9 Å². The quantitative estimate of drug-likeness (QED) is 0.894. The largest absolute Gasteiger partial charge is 0.478 e. The summed E-state index contributed by atoms with van der Waals surface area (Å²) in [5.41, 5.74) is 0.415. The summed E-state index contributed by atoms with van der Waals surface area (Å²) in [4.78, 5) is 31.0. The van der Waals surface area contributed by atoms with E-state index in [2.05, 4.69) is 9.97 Å². The van der Waals surface area contributed by atoms with Crippen LogP contribution >= 0.6 is 0 Å². The van der Waals surface area contributed by atoms with E-state index >= 15 is 0 Å². The maximum Gasteiger partial charge on any atom is 0.355 e. The molecule has 21 heavy (non-hydrogen) atoms. The maximum atomic E-state index is 11.4. The van der Waals surface area contributed by atoms with Crippen LogP contribution < -0.4 is 0 Å². The molecule has 2 aromatic rings. The third kappa shape index (κ3) is 2.47. The van der Waals surface area contributed by atoms with Gasteiger partial charge in [-0.25, -0.2) is 19.6 Å². The predicted molar refractivity (Wildman–Crippen MR) is 73.4 cm³/mol. The number of carbonyl (C=O) groups is 2. The fourth-order valence-corrected chi connectivity index (χ4v) is 2.20. The summed E-state index contributed by atoms with van der Waals surface area (Å²) in [5, 5.41) is 18.6. The molecule has 106 valence electrons. The molecule has 1 aliphatic rings. The highest BCUT2D eigenvalue weighted by Gasteiger charge is 2.29. The number of aromatic carboxylic acids is 2. The van der Waals surface area contributed by atoms with Crippen molar-refractivity contribution in [1.82, 2.24) is 9.97 Å². The molecule has 0 unspecified atom stereocenters. The predicted octanol–water partition coefficient (Wildman–Crippen LogP) is 2.42. The van der Waals surface area contributed by atoms with E-state index in [4.69, 9.17) is 0 Å². The number of benzene rings is 1. The topological polar surface area (TPSA) is 100 Å². The molecule has 0 saturated heterocycles. The Balaban J connectivity index is 2.18. The van der Waals surface area contributed by atoms with Crippen LogP contribution in [-0.2, 0) is 0 Å². The lowest BCUT2D eigenvalue weighted by Crippen LogP contribution is -2.09. The standard InChI is InChI=1S/C15H12N2O4/c18-14(19)10-4-2-1-3-9(10)11-7-16-13(8-5-6-8)17-12(11)15(20)21/h1-4,7-8H,5-6H2,(H,18,19)(H,20,21). The Bertz CT molecular complexity index is 738. The number of hydrogen-bond donors (Lipinski definition) is 2. The molecule has 0 aliphatic heterocycles. The Morgan fingerprint density at radius 3 is 2.38 bits per heavy atom. The van der Waals surface area contributed by atoms with Crippen molar-refractivity contribution < 1.29 is 19.8 Å². The summed E-state index contributed by atoms with van der Waals surface area (Å²) in [7, 11) is 0. The van der Waals surface area contributed by atoms with Crippen LogP contribution in [0, 0.1) is 0 Å². The molecule has 1 aliphatic carbocycles. The lowest BCUT2D eigenvalue weighted by molar-refractivity contribution is 0.0680. The van der Waals surface area contributed by atoms with Gasteiger partial charge < -0.3 is 10.2 Å². The van der Waals surface area contributed by atoms with Crippen LogP contribution in [-0.4, -0.2) is 32.1 Å². The number of carboxylic acid groups (broad SMARTS) is 2. The second-order valence-electron chi connectivity index (χ2n) is 4.92. The van der Waals surface area contributed by atoms with Gasteiger partial charge >= 0.3 is 11.9 Å². The molecule has 1 aromatic heterocycles. The average molecular weight is 284 g/mol. The first kappa shape index (κ1) is 13.2. The summed E-state index contributed by atoms with van der Waals surface area (Å²) in [6, 6.07) is 6.23. The van der Waals surface area contributed by atoms with Crippen LogP contribution in [0.2, 0.25) is 0 Å². The molecular formula is C15H12N2O4. The highest BCUT2D eigenvalue weighted by Crippen LogP contribution is 2.38. The Morgan fingerprint density at radius 1 is 1.05 bits per heavy atom. The maximum absolute atomic E-state index is 11.4. The molecule has 6 heteroatoms. The summed E-state index contributed by atoms with van der Waals surface area (Å²) in [6.07, 6.45) is 3.33. The third-order valence-corrected chi connectivity index (χ3v) is 3.40. The van der Waals surface area contributed by atoms with E-state index < -0.39 is 11.9 Å². The minimum absolute atomic E-state index is 0.0303. The van der Waals surface area contributed by atoms with Gasteiger partial charge in [0.2, 0.25) is 0 Å². The van der Waals surface area contributed by atoms with Gasteiger partial charge in [0.25, 0.3) is 0 Å². The monoisotopic (exact) mass is 284 g/mol. The zero-order valence-corrected chi connectivity index (χ0v) is 11.0. The molecule has 6 nitrogen and oxygen atoms in total. The molecule has 0 amide bonds. The van der Waals surface area contributed by atoms with Gasteiger partial charge in [-0.15, -0.1) is 0 Å². The Kier molecular flexibility index (Phi) is 3.13. The lowest BCUT2D eigenvalue weighted by atomic mass is 9.99. The molecule has 2 N–H and O–H groups in total. The summed E-state index contributed by atoms with van der Waals surface area (Å²) >= 11 is 0. The molecule has 0 spiro atoms. The van der Waals surface area contributed by atoms with E-state index in [1.165, 1.54) is 12.3 Å². The first-order valence-electron chi connectivity index (χ1n) is 6.51. The Morgan fingerprint density at radius 2 is 1.76 bits per heavy atom. The second kappa shape index (κ2) is 4.97. The summed E-state index contributed by atoms with van der Waals surface area (Å²) in [6.45, 7) is 0.